The maximum absolute atomic E-state index is 13.2. The third-order valence-corrected chi connectivity index (χ3v) is 6.45. The fraction of sp³-hybridized carbons (Fsp3) is 0.350. The predicted molar refractivity (Wildman–Crippen MR) is 102 cm³/mol. The Morgan fingerprint density at radius 3 is 2.27 bits per heavy atom. The molecule has 26 heavy (non-hydrogen) atoms. The molecule has 0 atom stereocenters. The highest BCUT2D eigenvalue weighted by Gasteiger charge is 2.32. The SMILES string of the molecule is COc1ccc2c(c1)C(=O)CCN2S(=O)(=O)c1ccc(C(C)(C)C)cc1. The Labute approximate surface area is 154 Å². The van der Waals surface area contributed by atoms with Crippen molar-refractivity contribution in [3.05, 3.63) is 53.6 Å². The zero-order valence-corrected chi connectivity index (χ0v) is 16.3. The summed E-state index contributed by atoms with van der Waals surface area (Å²) in [6.45, 7) is 6.38. The maximum Gasteiger partial charge on any atom is 0.264 e. The number of carbonyl (C=O) groups excluding carboxylic acids is 1. The van der Waals surface area contributed by atoms with E-state index in [1.807, 2.05) is 12.1 Å². The van der Waals surface area contributed by atoms with Crippen LogP contribution in [-0.2, 0) is 15.4 Å². The highest BCUT2D eigenvalue weighted by atomic mass is 32.2. The Hall–Kier alpha value is -2.34. The van der Waals surface area contributed by atoms with Gasteiger partial charge in [-0.1, -0.05) is 32.9 Å². The van der Waals surface area contributed by atoms with Crippen LogP contribution in [0.3, 0.4) is 0 Å². The van der Waals surface area contributed by atoms with E-state index in [0.717, 1.165) is 5.56 Å². The Morgan fingerprint density at radius 1 is 1.04 bits per heavy atom. The van der Waals surface area contributed by atoms with Crippen LogP contribution in [0, 0.1) is 0 Å². The van der Waals surface area contributed by atoms with Crippen LogP contribution < -0.4 is 9.04 Å². The normalized spacial score (nSPS) is 14.9. The van der Waals surface area contributed by atoms with E-state index < -0.39 is 10.0 Å². The molecule has 0 spiro atoms. The molecule has 6 heteroatoms. The molecule has 2 aromatic rings. The van der Waals surface area contributed by atoms with Crippen LogP contribution in [0.25, 0.3) is 0 Å². The zero-order chi connectivity index (χ0) is 19.1. The minimum absolute atomic E-state index is 0.0526. The number of Topliss-reactive ketones (excluding diaryl/α,β-unsaturated/α-hetero) is 1. The van der Waals surface area contributed by atoms with Crippen LogP contribution in [0.4, 0.5) is 5.69 Å². The van der Waals surface area contributed by atoms with Gasteiger partial charge in [-0.15, -0.1) is 0 Å². The molecule has 0 aliphatic carbocycles. The van der Waals surface area contributed by atoms with Crippen molar-refractivity contribution in [1.29, 1.82) is 0 Å². The molecule has 0 amide bonds. The number of hydrogen-bond acceptors (Lipinski definition) is 4. The first kappa shape index (κ1) is 18.5. The van der Waals surface area contributed by atoms with E-state index in [9.17, 15) is 13.2 Å². The van der Waals surface area contributed by atoms with Gasteiger partial charge in [-0.05, 0) is 41.3 Å². The summed E-state index contributed by atoms with van der Waals surface area (Å²) in [4.78, 5) is 12.5. The Morgan fingerprint density at radius 2 is 1.69 bits per heavy atom. The number of ether oxygens (including phenoxy) is 1. The zero-order valence-electron chi connectivity index (χ0n) is 15.4. The number of hydrogen-bond donors (Lipinski definition) is 0. The molecule has 0 fully saturated rings. The maximum atomic E-state index is 13.2. The lowest BCUT2D eigenvalue weighted by Gasteiger charge is -2.30. The van der Waals surface area contributed by atoms with E-state index >= 15 is 0 Å². The van der Waals surface area contributed by atoms with Gasteiger partial charge in [0.25, 0.3) is 10.0 Å². The summed E-state index contributed by atoms with van der Waals surface area (Å²) in [5.41, 5.74) is 1.80. The van der Waals surface area contributed by atoms with Crippen molar-refractivity contribution in [2.75, 3.05) is 18.0 Å². The Kier molecular flexibility index (Phi) is 4.56. The molecule has 0 saturated carbocycles. The lowest BCUT2D eigenvalue weighted by molar-refractivity contribution is 0.0981. The van der Waals surface area contributed by atoms with Crippen molar-refractivity contribution >= 4 is 21.5 Å². The first-order valence-electron chi connectivity index (χ1n) is 8.49. The van der Waals surface area contributed by atoms with Gasteiger partial charge < -0.3 is 4.74 Å². The van der Waals surface area contributed by atoms with E-state index in [1.54, 1.807) is 30.3 Å². The van der Waals surface area contributed by atoms with Gasteiger partial charge in [0.1, 0.15) is 5.75 Å². The molecule has 0 N–H and O–H groups in total. The van der Waals surface area contributed by atoms with Gasteiger partial charge in [-0.3, -0.25) is 9.10 Å². The van der Waals surface area contributed by atoms with E-state index in [2.05, 4.69) is 20.8 Å². The number of methoxy groups -OCH3 is 1. The fourth-order valence-corrected chi connectivity index (χ4v) is 4.53. The van der Waals surface area contributed by atoms with E-state index in [0.29, 0.717) is 17.0 Å². The number of benzene rings is 2. The van der Waals surface area contributed by atoms with Gasteiger partial charge in [0.2, 0.25) is 0 Å². The quantitative estimate of drug-likeness (QED) is 0.821. The van der Waals surface area contributed by atoms with Crippen molar-refractivity contribution in [1.82, 2.24) is 0 Å². The number of anilines is 1. The van der Waals surface area contributed by atoms with Crippen LogP contribution in [0.2, 0.25) is 0 Å². The summed E-state index contributed by atoms with van der Waals surface area (Å²) in [5, 5.41) is 0. The van der Waals surface area contributed by atoms with Crippen molar-refractivity contribution in [2.45, 2.75) is 37.5 Å². The number of fused-ring (bicyclic) bond motifs is 1. The molecular weight excluding hydrogens is 350 g/mol. The number of carbonyl (C=O) groups is 1. The molecule has 2 aromatic carbocycles. The molecule has 0 saturated heterocycles. The molecule has 0 bridgehead atoms. The molecule has 0 unspecified atom stereocenters. The Bertz CT molecular complexity index is 941. The summed E-state index contributed by atoms with van der Waals surface area (Å²) in [7, 11) is -2.23. The van der Waals surface area contributed by atoms with Gasteiger partial charge in [-0.25, -0.2) is 8.42 Å². The molecule has 138 valence electrons. The highest BCUT2D eigenvalue weighted by molar-refractivity contribution is 7.92. The van der Waals surface area contributed by atoms with Crippen LogP contribution in [-0.4, -0.2) is 27.9 Å². The van der Waals surface area contributed by atoms with Crippen molar-refractivity contribution in [3.8, 4) is 5.75 Å². The number of ketones is 1. The van der Waals surface area contributed by atoms with E-state index in [-0.39, 0.29) is 29.1 Å². The number of nitrogens with zero attached hydrogens (tertiary/aromatic N) is 1. The van der Waals surface area contributed by atoms with Gasteiger partial charge in [0.05, 0.1) is 17.7 Å². The van der Waals surface area contributed by atoms with Crippen molar-refractivity contribution < 1.29 is 17.9 Å². The van der Waals surface area contributed by atoms with Gasteiger partial charge in [-0.2, -0.15) is 0 Å². The third-order valence-electron chi connectivity index (χ3n) is 4.62. The standard InChI is InChI=1S/C20H23NO4S/c1-20(2,3)14-5-8-16(9-6-14)26(23,24)21-12-11-19(22)17-13-15(25-4)7-10-18(17)21/h5-10,13H,11-12H2,1-4H3. The minimum atomic E-state index is -3.74. The summed E-state index contributed by atoms with van der Waals surface area (Å²) < 4.78 is 32.8. The fourth-order valence-electron chi connectivity index (χ4n) is 3.04. The molecule has 1 heterocycles. The van der Waals surface area contributed by atoms with Crippen molar-refractivity contribution in [3.63, 3.8) is 0 Å². The minimum Gasteiger partial charge on any atom is -0.497 e. The first-order chi connectivity index (χ1) is 12.1. The van der Waals surface area contributed by atoms with E-state index in [4.69, 9.17) is 4.74 Å². The molecule has 0 radical (unpaired) electrons. The van der Waals surface area contributed by atoms with Crippen LogP contribution in [0.1, 0.15) is 43.1 Å². The average Bonchev–Trinajstić information content (AvgIpc) is 2.61. The second-order valence-electron chi connectivity index (χ2n) is 7.41. The highest BCUT2D eigenvalue weighted by Crippen LogP contribution is 2.34. The molecule has 5 nitrogen and oxygen atoms in total. The van der Waals surface area contributed by atoms with E-state index in [1.165, 1.54) is 11.4 Å². The second kappa shape index (κ2) is 6.43. The van der Waals surface area contributed by atoms with Crippen LogP contribution >= 0.6 is 0 Å². The number of sulfonamides is 1. The first-order valence-corrected chi connectivity index (χ1v) is 9.93. The lowest BCUT2D eigenvalue weighted by Crippen LogP contribution is -2.37. The second-order valence-corrected chi connectivity index (χ2v) is 9.27. The van der Waals surface area contributed by atoms with Crippen molar-refractivity contribution in [2.24, 2.45) is 0 Å². The van der Waals surface area contributed by atoms with Gasteiger partial charge in [0, 0.05) is 18.5 Å². The summed E-state index contributed by atoms with van der Waals surface area (Å²) in [6, 6.07) is 11.9. The summed E-state index contributed by atoms with van der Waals surface area (Å²) >= 11 is 0. The van der Waals surface area contributed by atoms with Crippen LogP contribution in [0.5, 0.6) is 5.75 Å². The van der Waals surface area contributed by atoms with Gasteiger partial charge >= 0.3 is 0 Å². The molecule has 1 aliphatic rings. The monoisotopic (exact) mass is 373 g/mol. The smallest absolute Gasteiger partial charge is 0.264 e. The predicted octanol–water partition coefficient (Wildman–Crippen LogP) is 3.77. The molecular formula is C20H23NO4S. The molecule has 3 rings (SSSR count). The van der Waals surface area contributed by atoms with Gasteiger partial charge in [0.15, 0.2) is 5.78 Å². The number of rotatable bonds is 3. The third kappa shape index (κ3) is 3.21. The summed E-state index contributed by atoms with van der Waals surface area (Å²) in [5.74, 6) is 0.458. The molecule has 0 aromatic heterocycles. The largest absolute Gasteiger partial charge is 0.497 e. The van der Waals surface area contributed by atoms with Crippen LogP contribution in [0.15, 0.2) is 47.4 Å². The Balaban J connectivity index is 2.03. The topological polar surface area (TPSA) is 63.7 Å². The average molecular weight is 373 g/mol. The lowest BCUT2D eigenvalue weighted by atomic mass is 9.87. The summed E-state index contributed by atoms with van der Waals surface area (Å²) in [6.07, 6.45) is 0.152. The molecule has 1 aliphatic heterocycles.